The second-order valence-electron chi connectivity index (χ2n) is 9.31. The SMILES string of the molecule is O=C(NCCN1CCOCC1)C(O)[C@@H](c1ccccc1)N(NC(=O)N1CCOCC1)C(=O)N1CCOCC1. The third kappa shape index (κ3) is 7.54. The molecule has 3 fully saturated rings. The summed E-state index contributed by atoms with van der Waals surface area (Å²) in [6.45, 7) is 6.67. The van der Waals surface area contributed by atoms with Gasteiger partial charge in [0, 0.05) is 52.4 Å². The lowest BCUT2D eigenvalue weighted by Crippen LogP contribution is -2.61. The summed E-state index contributed by atoms with van der Waals surface area (Å²) in [5, 5.41) is 15.2. The Labute approximate surface area is 222 Å². The van der Waals surface area contributed by atoms with Gasteiger partial charge in [0.15, 0.2) is 6.10 Å². The first-order valence-corrected chi connectivity index (χ1v) is 13.1. The van der Waals surface area contributed by atoms with Gasteiger partial charge >= 0.3 is 12.1 Å². The molecule has 0 bridgehead atoms. The molecular weight excluding hydrogens is 496 g/mol. The number of nitrogens with one attached hydrogen (secondary N) is 2. The van der Waals surface area contributed by atoms with Gasteiger partial charge in [-0.3, -0.25) is 9.69 Å². The van der Waals surface area contributed by atoms with Gasteiger partial charge in [-0.25, -0.2) is 20.0 Å². The van der Waals surface area contributed by atoms with Gasteiger partial charge in [0.25, 0.3) is 5.91 Å². The van der Waals surface area contributed by atoms with Gasteiger partial charge in [0.1, 0.15) is 6.04 Å². The monoisotopic (exact) mass is 534 g/mol. The zero-order valence-electron chi connectivity index (χ0n) is 21.6. The fraction of sp³-hybridized carbons (Fsp3) is 0.640. The first-order valence-electron chi connectivity index (χ1n) is 13.1. The van der Waals surface area contributed by atoms with Crippen LogP contribution in [0.15, 0.2) is 30.3 Å². The molecule has 13 nitrogen and oxygen atoms in total. The molecule has 3 aliphatic rings. The molecule has 2 atom stereocenters. The molecule has 1 aromatic carbocycles. The summed E-state index contributed by atoms with van der Waals surface area (Å²) in [6.07, 6.45) is -1.64. The van der Waals surface area contributed by atoms with Crippen LogP contribution in [0.25, 0.3) is 0 Å². The van der Waals surface area contributed by atoms with Crippen LogP contribution < -0.4 is 10.7 Å². The number of hydrogen-bond acceptors (Lipinski definition) is 8. The number of hydrazine groups is 1. The average molecular weight is 535 g/mol. The van der Waals surface area contributed by atoms with Crippen molar-refractivity contribution in [3.8, 4) is 0 Å². The minimum absolute atomic E-state index is 0.326. The standard InChI is InChI=1S/C25H38N6O7/c32-22(23(33)26-6-7-28-8-14-36-15-9-28)21(20-4-2-1-3-5-20)31(25(35)30-12-18-38-19-13-30)27-24(34)29-10-16-37-17-11-29/h1-5,21-22,32H,6-19H2,(H,26,33)(H,27,34)/t21-,22?/m1/s1. The van der Waals surface area contributed by atoms with Crippen molar-refractivity contribution < 1.29 is 33.7 Å². The molecule has 0 aliphatic carbocycles. The van der Waals surface area contributed by atoms with E-state index in [-0.39, 0.29) is 0 Å². The average Bonchev–Trinajstić information content (AvgIpc) is 2.98. The highest BCUT2D eigenvalue weighted by Gasteiger charge is 2.39. The van der Waals surface area contributed by atoms with E-state index >= 15 is 0 Å². The molecule has 210 valence electrons. The third-order valence-electron chi connectivity index (χ3n) is 6.82. The number of ether oxygens (including phenoxy) is 3. The van der Waals surface area contributed by atoms with Gasteiger partial charge in [-0.1, -0.05) is 30.3 Å². The van der Waals surface area contributed by atoms with E-state index in [1.165, 1.54) is 0 Å². The quantitative estimate of drug-likeness (QED) is 0.389. The molecule has 0 spiro atoms. The maximum atomic E-state index is 13.8. The highest BCUT2D eigenvalue weighted by molar-refractivity contribution is 5.85. The number of nitrogens with zero attached hydrogens (tertiary/aromatic N) is 4. The van der Waals surface area contributed by atoms with Crippen LogP contribution in [0.5, 0.6) is 0 Å². The van der Waals surface area contributed by atoms with E-state index in [1.807, 2.05) is 0 Å². The minimum Gasteiger partial charge on any atom is -0.381 e. The number of benzene rings is 1. The normalized spacial score (nSPS) is 20.3. The summed E-state index contributed by atoms with van der Waals surface area (Å²) in [5.74, 6) is -0.632. The molecule has 13 heteroatoms. The molecule has 5 amide bonds. The number of hydrogen-bond donors (Lipinski definition) is 3. The lowest BCUT2D eigenvalue weighted by atomic mass is 10.00. The highest BCUT2D eigenvalue weighted by atomic mass is 16.5. The number of aliphatic hydroxyl groups excluding tert-OH is 1. The van der Waals surface area contributed by atoms with E-state index in [2.05, 4.69) is 15.6 Å². The van der Waals surface area contributed by atoms with Crippen molar-refractivity contribution in [2.24, 2.45) is 0 Å². The zero-order valence-corrected chi connectivity index (χ0v) is 21.6. The van der Waals surface area contributed by atoms with Crippen molar-refractivity contribution in [3.63, 3.8) is 0 Å². The van der Waals surface area contributed by atoms with Gasteiger partial charge < -0.3 is 34.4 Å². The van der Waals surface area contributed by atoms with Crippen LogP contribution in [-0.2, 0) is 19.0 Å². The summed E-state index contributed by atoms with van der Waals surface area (Å²) >= 11 is 0. The Hall–Kier alpha value is -2.97. The molecule has 3 aliphatic heterocycles. The fourth-order valence-electron chi connectivity index (χ4n) is 4.62. The van der Waals surface area contributed by atoms with Crippen LogP contribution in [0.3, 0.4) is 0 Å². The van der Waals surface area contributed by atoms with E-state index in [1.54, 1.807) is 40.1 Å². The Bertz CT molecular complexity index is 905. The molecular formula is C25H38N6O7. The number of carbonyl (C=O) groups is 3. The maximum Gasteiger partial charge on any atom is 0.339 e. The van der Waals surface area contributed by atoms with E-state index < -0.39 is 30.1 Å². The molecule has 3 N–H and O–H groups in total. The van der Waals surface area contributed by atoms with Gasteiger partial charge in [-0.05, 0) is 5.56 Å². The highest BCUT2D eigenvalue weighted by Crippen LogP contribution is 2.25. The molecule has 1 aromatic rings. The number of carbonyl (C=O) groups excluding carboxylic acids is 3. The summed E-state index contributed by atoms with van der Waals surface area (Å²) in [7, 11) is 0. The Morgan fingerprint density at radius 3 is 2.00 bits per heavy atom. The summed E-state index contributed by atoms with van der Waals surface area (Å²) < 4.78 is 16.1. The lowest BCUT2D eigenvalue weighted by molar-refractivity contribution is -0.133. The number of urea groups is 2. The van der Waals surface area contributed by atoms with Crippen LogP contribution in [0.4, 0.5) is 9.59 Å². The van der Waals surface area contributed by atoms with Crippen molar-refractivity contribution in [2.75, 3.05) is 92.0 Å². The second kappa shape index (κ2) is 14.3. The van der Waals surface area contributed by atoms with Crippen molar-refractivity contribution in [1.82, 2.24) is 30.5 Å². The van der Waals surface area contributed by atoms with Crippen molar-refractivity contribution in [2.45, 2.75) is 12.1 Å². The van der Waals surface area contributed by atoms with Gasteiger partial charge in [0.05, 0.1) is 39.6 Å². The number of amides is 5. The Morgan fingerprint density at radius 2 is 1.39 bits per heavy atom. The Kier molecular flexibility index (Phi) is 10.5. The van der Waals surface area contributed by atoms with Gasteiger partial charge in [-0.2, -0.15) is 0 Å². The van der Waals surface area contributed by atoms with Crippen molar-refractivity contribution in [3.05, 3.63) is 35.9 Å². The lowest BCUT2D eigenvalue weighted by Gasteiger charge is -2.40. The summed E-state index contributed by atoms with van der Waals surface area (Å²) in [5.41, 5.74) is 3.20. The number of rotatable bonds is 7. The van der Waals surface area contributed by atoms with E-state index in [0.29, 0.717) is 84.5 Å². The number of aliphatic hydroxyl groups is 1. The van der Waals surface area contributed by atoms with Crippen LogP contribution in [0.2, 0.25) is 0 Å². The minimum atomic E-state index is -1.64. The zero-order chi connectivity index (χ0) is 26.7. The van der Waals surface area contributed by atoms with Crippen LogP contribution in [0.1, 0.15) is 11.6 Å². The largest absolute Gasteiger partial charge is 0.381 e. The first kappa shape index (κ1) is 28.0. The predicted molar refractivity (Wildman–Crippen MR) is 136 cm³/mol. The summed E-state index contributed by atoms with van der Waals surface area (Å²) in [6, 6.07) is 6.55. The fourth-order valence-corrected chi connectivity index (χ4v) is 4.62. The van der Waals surface area contributed by atoms with E-state index in [0.717, 1.165) is 18.1 Å². The molecule has 3 heterocycles. The van der Waals surface area contributed by atoms with Crippen LogP contribution in [-0.4, -0.2) is 141 Å². The number of morpholine rings is 3. The van der Waals surface area contributed by atoms with Crippen molar-refractivity contribution >= 4 is 18.0 Å². The van der Waals surface area contributed by atoms with E-state index in [9.17, 15) is 19.5 Å². The van der Waals surface area contributed by atoms with Crippen LogP contribution >= 0.6 is 0 Å². The van der Waals surface area contributed by atoms with Crippen LogP contribution in [0, 0.1) is 0 Å². The summed E-state index contributed by atoms with van der Waals surface area (Å²) in [4.78, 5) is 45.4. The van der Waals surface area contributed by atoms with Crippen molar-refractivity contribution in [1.29, 1.82) is 0 Å². The smallest absolute Gasteiger partial charge is 0.339 e. The topological polar surface area (TPSA) is 136 Å². The predicted octanol–water partition coefficient (Wildman–Crippen LogP) is -0.752. The first-order chi connectivity index (χ1) is 18.5. The Morgan fingerprint density at radius 1 is 0.842 bits per heavy atom. The molecule has 4 rings (SSSR count). The third-order valence-corrected chi connectivity index (χ3v) is 6.82. The molecule has 38 heavy (non-hydrogen) atoms. The van der Waals surface area contributed by atoms with E-state index in [4.69, 9.17) is 14.2 Å². The second-order valence-corrected chi connectivity index (χ2v) is 9.31. The molecule has 3 saturated heterocycles. The Balaban J connectivity index is 1.54. The maximum absolute atomic E-state index is 13.8. The molecule has 0 radical (unpaired) electrons. The molecule has 1 unspecified atom stereocenters. The molecule has 0 aromatic heterocycles. The molecule has 0 saturated carbocycles. The van der Waals surface area contributed by atoms with Gasteiger partial charge in [-0.15, -0.1) is 0 Å². The van der Waals surface area contributed by atoms with Gasteiger partial charge in [0.2, 0.25) is 0 Å².